The maximum absolute atomic E-state index is 5.44. The van der Waals surface area contributed by atoms with Crippen molar-refractivity contribution in [3.05, 3.63) is 29.8 Å². The van der Waals surface area contributed by atoms with Crippen LogP contribution in [0.4, 0.5) is 5.69 Å². The molecule has 0 saturated heterocycles. The first-order valence-electron chi connectivity index (χ1n) is 3.13. The molecule has 0 saturated carbocycles. The Bertz CT molecular complexity index is 230. The topological polar surface area (TPSA) is 38.4 Å². The van der Waals surface area contributed by atoms with Gasteiger partial charge in [0.15, 0.2) is 0 Å². The number of nitrogens with two attached hydrogens (primary N) is 1. The third-order valence-corrected chi connectivity index (χ3v) is 1.38. The summed E-state index contributed by atoms with van der Waals surface area (Å²) in [4.78, 5) is 3.81. The Morgan fingerprint density at radius 2 is 2.10 bits per heavy atom. The van der Waals surface area contributed by atoms with Gasteiger partial charge in [0.1, 0.15) is 0 Å². The van der Waals surface area contributed by atoms with Crippen molar-refractivity contribution >= 4 is 12.4 Å². The lowest BCUT2D eigenvalue weighted by Crippen LogP contribution is -1.95. The monoisotopic (exact) mass is 134 g/mol. The van der Waals surface area contributed by atoms with Crippen LogP contribution in [-0.4, -0.2) is 6.72 Å². The van der Waals surface area contributed by atoms with E-state index in [0.717, 1.165) is 11.3 Å². The number of nitrogens with zero attached hydrogens (tertiary/aromatic N) is 1. The molecule has 0 aliphatic heterocycles. The van der Waals surface area contributed by atoms with Gasteiger partial charge in [0.05, 0.1) is 5.69 Å². The molecule has 0 aromatic heterocycles. The number of aliphatic imine (C=N–C) groups is 1. The molecule has 0 radical (unpaired) electrons. The maximum atomic E-state index is 5.44. The third kappa shape index (κ3) is 1.22. The van der Waals surface area contributed by atoms with E-state index in [4.69, 9.17) is 5.73 Å². The van der Waals surface area contributed by atoms with E-state index in [1.54, 1.807) is 0 Å². The maximum Gasteiger partial charge on any atom is 0.0667 e. The molecule has 0 spiro atoms. The van der Waals surface area contributed by atoms with Crippen LogP contribution in [0.3, 0.4) is 0 Å². The molecule has 10 heavy (non-hydrogen) atoms. The molecule has 0 unspecified atom stereocenters. The molecule has 2 nitrogen and oxygen atoms in total. The van der Waals surface area contributed by atoms with Crippen molar-refractivity contribution < 1.29 is 0 Å². The second kappa shape index (κ2) is 3.13. The quantitative estimate of drug-likeness (QED) is 0.611. The van der Waals surface area contributed by atoms with Crippen LogP contribution in [0.5, 0.6) is 0 Å². The summed E-state index contributed by atoms with van der Waals surface area (Å²) in [5, 5.41) is 0. The van der Waals surface area contributed by atoms with Gasteiger partial charge in [-0.3, -0.25) is 4.99 Å². The molecule has 0 amide bonds. The van der Waals surface area contributed by atoms with Gasteiger partial charge < -0.3 is 5.73 Å². The highest BCUT2D eigenvalue weighted by molar-refractivity contribution is 5.51. The van der Waals surface area contributed by atoms with Gasteiger partial charge in [-0.05, 0) is 18.3 Å². The van der Waals surface area contributed by atoms with E-state index in [-0.39, 0.29) is 0 Å². The second-order valence-electron chi connectivity index (χ2n) is 1.99. The van der Waals surface area contributed by atoms with Gasteiger partial charge >= 0.3 is 0 Å². The minimum absolute atomic E-state index is 0.523. The Labute approximate surface area is 60.4 Å². The molecule has 1 rings (SSSR count). The fourth-order valence-corrected chi connectivity index (χ4v) is 0.838. The van der Waals surface area contributed by atoms with Crippen LogP contribution < -0.4 is 5.73 Å². The molecule has 0 bridgehead atoms. The van der Waals surface area contributed by atoms with Crippen LogP contribution >= 0.6 is 0 Å². The fraction of sp³-hybridized carbons (Fsp3) is 0.125. The third-order valence-electron chi connectivity index (χ3n) is 1.38. The number of hydrogen-bond donors (Lipinski definition) is 1. The fourth-order valence-electron chi connectivity index (χ4n) is 0.838. The van der Waals surface area contributed by atoms with Crippen LogP contribution in [0.25, 0.3) is 0 Å². The Morgan fingerprint density at radius 1 is 1.40 bits per heavy atom. The summed E-state index contributed by atoms with van der Waals surface area (Å²) in [5.41, 5.74) is 7.36. The Kier molecular flexibility index (Phi) is 2.18. The summed E-state index contributed by atoms with van der Waals surface area (Å²) in [5.74, 6) is 0. The summed E-state index contributed by atoms with van der Waals surface area (Å²) in [6.45, 7) is 3.96. The standard InChI is InChI=1S/C8H10N2/c1-10-8-5-3-2-4-7(8)6-9/h2-5H,1,6,9H2. The largest absolute Gasteiger partial charge is 0.326 e. The Balaban J connectivity index is 3.08. The molecular weight excluding hydrogens is 124 g/mol. The van der Waals surface area contributed by atoms with Crippen molar-refractivity contribution in [2.24, 2.45) is 10.7 Å². The molecule has 1 aromatic carbocycles. The summed E-state index contributed by atoms with van der Waals surface area (Å²) >= 11 is 0. The van der Waals surface area contributed by atoms with Gasteiger partial charge in [-0.25, -0.2) is 0 Å². The van der Waals surface area contributed by atoms with Crippen molar-refractivity contribution in [2.75, 3.05) is 0 Å². The van der Waals surface area contributed by atoms with E-state index in [0.29, 0.717) is 6.54 Å². The van der Waals surface area contributed by atoms with Gasteiger partial charge in [0.2, 0.25) is 0 Å². The van der Waals surface area contributed by atoms with E-state index in [2.05, 4.69) is 11.7 Å². The first-order chi connectivity index (χ1) is 4.88. The van der Waals surface area contributed by atoms with Crippen LogP contribution in [0.2, 0.25) is 0 Å². The summed E-state index contributed by atoms with van der Waals surface area (Å²) in [7, 11) is 0. The zero-order chi connectivity index (χ0) is 7.40. The average Bonchev–Trinajstić information content (AvgIpc) is 2.04. The van der Waals surface area contributed by atoms with E-state index >= 15 is 0 Å². The van der Waals surface area contributed by atoms with Crippen molar-refractivity contribution in [3.8, 4) is 0 Å². The van der Waals surface area contributed by atoms with E-state index < -0.39 is 0 Å². The average molecular weight is 134 g/mol. The highest BCUT2D eigenvalue weighted by atomic mass is 14.7. The van der Waals surface area contributed by atoms with Gasteiger partial charge in [-0.15, -0.1) is 0 Å². The minimum atomic E-state index is 0.523. The van der Waals surface area contributed by atoms with E-state index in [1.807, 2.05) is 24.3 Å². The Hall–Kier alpha value is -1.15. The van der Waals surface area contributed by atoms with Gasteiger partial charge in [-0.1, -0.05) is 18.2 Å². The van der Waals surface area contributed by atoms with Crippen LogP contribution in [-0.2, 0) is 6.54 Å². The predicted octanol–water partition coefficient (Wildman–Crippen LogP) is 1.48. The zero-order valence-corrected chi connectivity index (χ0v) is 5.75. The number of para-hydroxylation sites is 1. The molecule has 0 atom stereocenters. The summed E-state index contributed by atoms with van der Waals surface area (Å²) in [6, 6.07) is 7.71. The van der Waals surface area contributed by atoms with Gasteiger partial charge in [0, 0.05) is 6.54 Å². The summed E-state index contributed by atoms with van der Waals surface area (Å²) in [6.07, 6.45) is 0. The lowest BCUT2D eigenvalue weighted by molar-refractivity contribution is 1.07. The van der Waals surface area contributed by atoms with E-state index in [9.17, 15) is 0 Å². The van der Waals surface area contributed by atoms with Crippen molar-refractivity contribution in [3.63, 3.8) is 0 Å². The molecule has 0 aliphatic rings. The SMILES string of the molecule is C=Nc1ccccc1CN. The minimum Gasteiger partial charge on any atom is -0.326 e. The molecule has 52 valence electrons. The highest BCUT2D eigenvalue weighted by Crippen LogP contribution is 2.16. The highest BCUT2D eigenvalue weighted by Gasteiger charge is 1.93. The second-order valence-corrected chi connectivity index (χ2v) is 1.99. The Morgan fingerprint density at radius 3 is 2.60 bits per heavy atom. The van der Waals surface area contributed by atoms with Crippen molar-refractivity contribution in [1.29, 1.82) is 0 Å². The molecular formula is C8H10N2. The molecule has 0 fully saturated rings. The smallest absolute Gasteiger partial charge is 0.0667 e. The molecule has 0 heterocycles. The molecule has 0 aliphatic carbocycles. The van der Waals surface area contributed by atoms with Crippen LogP contribution in [0.15, 0.2) is 29.3 Å². The van der Waals surface area contributed by atoms with Gasteiger partial charge in [0.25, 0.3) is 0 Å². The lowest BCUT2D eigenvalue weighted by atomic mass is 10.2. The van der Waals surface area contributed by atoms with Crippen LogP contribution in [0.1, 0.15) is 5.56 Å². The summed E-state index contributed by atoms with van der Waals surface area (Å²) < 4.78 is 0. The first-order valence-corrected chi connectivity index (χ1v) is 3.13. The number of benzene rings is 1. The number of rotatable bonds is 2. The van der Waals surface area contributed by atoms with Crippen molar-refractivity contribution in [1.82, 2.24) is 0 Å². The normalized spacial score (nSPS) is 9.30. The predicted molar refractivity (Wildman–Crippen MR) is 43.5 cm³/mol. The van der Waals surface area contributed by atoms with Crippen molar-refractivity contribution in [2.45, 2.75) is 6.54 Å². The molecule has 1 aromatic rings. The lowest BCUT2D eigenvalue weighted by Gasteiger charge is -1.98. The zero-order valence-electron chi connectivity index (χ0n) is 5.75. The van der Waals surface area contributed by atoms with Gasteiger partial charge in [-0.2, -0.15) is 0 Å². The van der Waals surface area contributed by atoms with E-state index in [1.165, 1.54) is 0 Å². The molecule has 2 heteroatoms. The molecule has 2 N–H and O–H groups in total. The number of hydrogen-bond acceptors (Lipinski definition) is 2. The first kappa shape index (κ1) is 6.96. The van der Waals surface area contributed by atoms with Crippen LogP contribution in [0, 0.1) is 0 Å².